The van der Waals surface area contributed by atoms with Gasteiger partial charge in [-0.25, -0.2) is 9.02 Å². The van der Waals surface area contributed by atoms with Crippen LogP contribution in [0.2, 0.25) is 5.02 Å². The average Bonchev–Trinajstić information content (AvgIpc) is 3.49. The van der Waals surface area contributed by atoms with E-state index in [1.807, 2.05) is 36.4 Å². The lowest BCUT2D eigenvalue weighted by molar-refractivity contribution is -0.146. The zero-order valence-electron chi connectivity index (χ0n) is 23.3. The Morgan fingerprint density at radius 1 is 0.953 bits per heavy atom. The van der Waals surface area contributed by atoms with Crippen LogP contribution in [0, 0.1) is 5.82 Å². The third-order valence-corrected chi connectivity index (χ3v) is 6.96. The van der Waals surface area contributed by atoms with Crippen LogP contribution in [-0.4, -0.2) is 40.6 Å². The standard InChI is InChI=1S/C32H29ClFN3O6/c1-2-40-32(39)28(17-38)35-16-23-14-25(33)30(15-29(23)41-18-20-11-12-26-27(13-20)37-43-36-26)42-19-22-9-6-10-24(31(22)34)21-7-4-3-5-8-21/h3-15,28,35,38H,2,16-19H2,1H3/t28-/m1/s1. The maximum Gasteiger partial charge on any atom is 0.325 e. The number of hydrogen-bond donors (Lipinski definition) is 2. The van der Waals surface area contributed by atoms with Gasteiger partial charge in [0.25, 0.3) is 0 Å². The van der Waals surface area contributed by atoms with Gasteiger partial charge < -0.3 is 19.3 Å². The number of aromatic nitrogens is 2. The van der Waals surface area contributed by atoms with Gasteiger partial charge in [0.1, 0.15) is 47.6 Å². The fourth-order valence-corrected chi connectivity index (χ4v) is 4.66. The van der Waals surface area contributed by atoms with Crippen LogP contribution in [0.15, 0.2) is 83.5 Å². The van der Waals surface area contributed by atoms with Crippen LogP contribution in [0.5, 0.6) is 11.5 Å². The molecule has 43 heavy (non-hydrogen) atoms. The smallest absolute Gasteiger partial charge is 0.325 e. The summed E-state index contributed by atoms with van der Waals surface area (Å²) in [6.45, 7) is 1.62. The molecule has 0 aliphatic rings. The summed E-state index contributed by atoms with van der Waals surface area (Å²) in [7, 11) is 0. The zero-order valence-corrected chi connectivity index (χ0v) is 24.0. The third kappa shape index (κ3) is 7.29. The number of hydrogen-bond acceptors (Lipinski definition) is 9. The lowest BCUT2D eigenvalue weighted by Crippen LogP contribution is -2.40. The molecule has 1 atom stereocenters. The minimum atomic E-state index is -0.940. The number of halogens is 2. The maximum absolute atomic E-state index is 15.4. The molecule has 0 saturated heterocycles. The van der Waals surface area contributed by atoms with Crippen LogP contribution >= 0.6 is 11.6 Å². The van der Waals surface area contributed by atoms with Crippen molar-refractivity contribution >= 4 is 28.6 Å². The molecule has 1 heterocycles. The van der Waals surface area contributed by atoms with E-state index in [0.717, 1.165) is 11.1 Å². The molecule has 0 spiro atoms. The zero-order chi connectivity index (χ0) is 30.2. The highest BCUT2D eigenvalue weighted by molar-refractivity contribution is 6.32. The van der Waals surface area contributed by atoms with Crippen molar-refractivity contribution in [2.45, 2.75) is 32.7 Å². The van der Waals surface area contributed by atoms with Crippen molar-refractivity contribution in [3.05, 3.63) is 106 Å². The van der Waals surface area contributed by atoms with E-state index in [9.17, 15) is 9.90 Å². The monoisotopic (exact) mass is 605 g/mol. The molecule has 0 fully saturated rings. The topological polar surface area (TPSA) is 116 Å². The Hall–Kier alpha value is -4.51. The number of carbonyl (C=O) groups excluding carboxylic acids is 1. The molecular formula is C32H29ClFN3O6. The number of nitrogens with zero attached hydrogens (tertiary/aromatic N) is 2. The fraction of sp³-hybridized carbons (Fsp3) is 0.219. The second-order valence-electron chi connectivity index (χ2n) is 9.57. The Kier molecular flexibility index (Phi) is 9.83. The number of fused-ring (bicyclic) bond motifs is 1. The molecule has 4 aromatic carbocycles. The van der Waals surface area contributed by atoms with Gasteiger partial charge >= 0.3 is 5.97 Å². The van der Waals surface area contributed by atoms with Gasteiger partial charge in [-0.2, -0.15) is 0 Å². The highest BCUT2D eigenvalue weighted by Crippen LogP contribution is 2.35. The van der Waals surface area contributed by atoms with E-state index < -0.39 is 18.6 Å². The first-order valence-corrected chi connectivity index (χ1v) is 14.0. The summed E-state index contributed by atoms with van der Waals surface area (Å²) in [5.74, 6) is -0.267. The SMILES string of the molecule is CCOC(=O)[C@@H](CO)NCc1cc(Cl)c(OCc2cccc(-c3ccccc3)c2F)cc1OCc1ccc2nonc2c1. The molecule has 0 aliphatic carbocycles. The van der Waals surface area contributed by atoms with E-state index in [4.69, 9.17) is 30.4 Å². The van der Waals surface area contributed by atoms with Crippen molar-refractivity contribution in [1.82, 2.24) is 15.6 Å². The van der Waals surface area contributed by atoms with Gasteiger partial charge in [0.05, 0.1) is 18.2 Å². The van der Waals surface area contributed by atoms with Crippen molar-refractivity contribution in [1.29, 1.82) is 0 Å². The summed E-state index contributed by atoms with van der Waals surface area (Å²) in [5, 5.41) is 20.6. The van der Waals surface area contributed by atoms with Crippen LogP contribution in [-0.2, 0) is 29.3 Å². The molecule has 0 radical (unpaired) electrons. The molecule has 5 rings (SSSR count). The summed E-state index contributed by atoms with van der Waals surface area (Å²) in [5.41, 5.74) is 4.20. The lowest BCUT2D eigenvalue weighted by Gasteiger charge is -2.19. The largest absolute Gasteiger partial charge is 0.488 e. The first-order valence-electron chi connectivity index (χ1n) is 13.6. The predicted octanol–water partition coefficient (Wildman–Crippen LogP) is 5.85. The first kappa shape index (κ1) is 30.0. The van der Waals surface area contributed by atoms with E-state index >= 15 is 4.39 Å². The normalized spacial score (nSPS) is 11.8. The van der Waals surface area contributed by atoms with Crippen molar-refractivity contribution < 1.29 is 33.1 Å². The molecule has 0 aliphatic heterocycles. The number of esters is 1. The highest BCUT2D eigenvalue weighted by Gasteiger charge is 2.20. The molecule has 222 valence electrons. The van der Waals surface area contributed by atoms with E-state index in [1.165, 1.54) is 0 Å². The number of ether oxygens (including phenoxy) is 3. The summed E-state index contributed by atoms with van der Waals surface area (Å²) < 4.78 is 37.4. The van der Waals surface area contributed by atoms with Crippen LogP contribution in [0.25, 0.3) is 22.2 Å². The molecule has 1 aromatic heterocycles. The van der Waals surface area contributed by atoms with Crippen LogP contribution in [0.4, 0.5) is 4.39 Å². The Balaban J connectivity index is 1.38. The Morgan fingerprint density at radius 3 is 2.53 bits per heavy atom. The van der Waals surface area contributed by atoms with E-state index in [-0.39, 0.29) is 43.0 Å². The van der Waals surface area contributed by atoms with Crippen LogP contribution in [0.3, 0.4) is 0 Å². The molecule has 0 amide bonds. The number of rotatable bonds is 13. The minimum absolute atomic E-state index is 0.0749. The second-order valence-corrected chi connectivity index (χ2v) is 9.98. The molecule has 0 unspecified atom stereocenters. The molecule has 0 saturated carbocycles. The van der Waals surface area contributed by atoms with Gasteiger partial charge in [-0.15, -0.1) is 0 Å². The quantitative estimate of drug-likeness (QED) is 0.159. The van der Waals surface area contributed by atoms with Gasteiger partial charge in [0.15, 0.2) is 0 Å². The predicted molar refractivity (Wildman–Crippen MR) is 158 cm³/mol. The van der Waals surface area contributed by atoms with Gasteiger partial charge in [-0.05, 0) is 46.6 Å². The summed E-state index contributed by atoms with van der Waals surface area (Å²) in [6, 6.07) is 22.1. The molecular weight excluding hydrogens is 577 g/mol. The summed E-state index contributed by atoms with van der Waals surface area (Å²) in [4.78, 5) is 12.2. The van der Waals surface area contributed by atoms with Crippen LogP contribution in [0.1, 0.15) is 23.6 Å². The molecule has 5 aromatic rings. The van der Waals surface area contributed by atoms with E-state index in [2.05, 4.69) is 15.6 Å². The van der Waals surface area contributed by atoms with Gasteiger partial charge in [-0.3, -0.25) is 10.1 Å². The third-order valence-electron chi connectivity index (χ3n) is 6.67. The Labute approximate surface area is 252 Å². The summed E-state index contributed by atoms with van der Waals surface area (Å²) >= 11 is 6.60. The Morgan fingerprint density at radius 2 is 1.74 bits per heavy atom. The highest BCUT2D eigenvalue weighted by atomic mass is 35.5. The number of nitrogens with one attached hydrogen (secondary N) is 1. The van der Waals surface area contributed by atoms with Crippen molar-refractivity contribution in [3.63, 3.8) is 0 Å². The Bertz CT molecular complexity index is 1700. The second kappa shape index (κ2) is 14.1. The number of carbonyl (C=O) groups is 1. The molecule has 2 N–H and O–H groups in total. The first-order chi connectivity index (χ1) is 21.0. The average molecular weight is 606 g/mol. The van der Waals surface area contributed by atoms with Gasteiger partial charge in [-0.1, -0.05) is 66.2 Å². The summed E-state index contributed by atoms with van der Waals surface area (Å²) in [6.07, 6.45) is 0. The fourth-order valence-electron chi connectivity index (χ4n) is 4.42. The lowest BCUT2D eigenvalue weighted by atomic mass is 10.0. The molecule has 9 nitrogen and oxygen atoms in total. The molecule has 0 bridgehead atoms. The molecule has 11 heteroatoms. The number of benzene rings is 4. The van der Waals surface area contributed by atoms with Gasteiger partial charge in [0.2, 0.25) is 0 Å². The van der Waals surface area contributed by atoms with Crippen LogP contribution < -0.4 is 14.8 Å². The van der Waals surface area contributed by atoms with E-state index in [0.29, 0.717) is 33.5 Å². The van der Waals surface area contributed by atoms with Gasteiger partial charge in [0, 0.05) is 29.3 Å². The van der Waals surface area contributed by atoms with Crippen molar-refractivity contribution in [3.8, 4) is 22.6 Å². The minimum Gasteiger partial charge on any atom is -0.488 e. The van der Waals surface area contributed by atoms with Crippen molar-refractivity contribution in [2.24, 2.45) is 0 Å². The number of aliphatic hydroxyl groups is 1. The van der Waals surface area contributed by atoms with E-state index in [1.54, 1.807) is 49.4 Å². The maximum atomic E-state index is 15.4. The van der Waals surface area contributed by atoms with Crippen molar-refractivity contribution in [2.75, 3.05) is 13.2 Å². The number of aliphatic hydroxyl groups excluding tert-OH is 1.